The molecule has 0 unspecified atom stereocenters. The lowest BCUT2D eigenvalue weighted by Crippen LogP contribution is -2.25. The summed E-state index contributed by atoms with van der Waals surface area (Å²) >= 11 is 1.76. The third-order valence-corrected chi connectivity index (χ3v) is 2.33. The molecule has 0 fully saturated rings. The van der Waals surface area contributed by atoms with E-state index in [1.807, 2.05) is 0 Å². The van der Waals surface area contributed by atoms with Gasteiger partial charge in [0.25, 0.3) is 0 Å². The normalized spacial score (nSPS) is 13.8. The van der Waals surface area contributed by atoms with E-state index in [-0.39, 0.29) is 0 Å². The van der Waals surface area contributed by atoms with Gasteiger partial charge in [-0.05, 0) is 29.3 Å². The Balaban J connectivity index is 2.49. The van der Waals surface area contributed by atoms with Crippen LogP contribution in [-0.4, -0.2) is 6.04 Å². The minimum Gasteiger partial charge on any atom is -0.308 e. The molecule has 0 spiro atoms. The largest absolute Gasteiger partial charge is 0.308 e. The predicted octanol–water partition coefficient (Wildman–Crippen LogP) is 2.81. The fourth-order valence-electron chi connectivity index (χ4n) is 1.12. The van der Waals surface area contributed by atoms with Crippen molar-refractivity contribution in [3.05, 3.63) is 22.4 Å². The molecule has 62 valence electrons. The van der Waals surface area contributed by atoms with Crippen LogP contribution in [0.3, 0.4) is 0 Å². The van der Waals surface area contributed by atoms with Crippen molar-refractivity contribution in [3.8, 4) is 0 Å². The zero-order chi connectivity index (χ0) is 8.27. The maximum absolute atomic E-state index is 3.45. The summed E-state index contributed by atoms with van der Waals surface area (Å²) in [6, 6.07) is 3.22. The summed E-state index contributed by atoms with van der Waals surface area (Å²) in [6.07, 6.45) is 0. The molecule has 1 nitrogen and oxygen atoms in total. The molecule has 0 aromatic carbocycles. The SMILES string of the molecule is CC(C)N[C@H](C)c1ccsc1. The molecule has 0 amide bonds. The van der Waals surface area contributed by atoms with Gasteiger partial charge in [0, 0.05) is 12.1 Å². The molecule has 0 aliphatic heterocycles. The molecule has 11 heavy (non-hydrogen) atoms. The average Bonchev–Trinajstić information content (AvgIpc) is 2.35. The second-order valence-corrected chi connectivity index (χ2v) is 3.88. The van der Waals surface area contributed by atoms with Crippen LogP contribution in [0.5, 0.6) is 0 Å². The van der Waals surface area contributed by atoms with Gasteiger partial charge in [0.15, 0.2) is 0 Å². The van der Waals surface area contributed by atoms with Crippen molar-refractivity contribution in [2.75, 3.05) is 0 Å². The molecule has 1 N–H and O–H groups in total. The highest BCUT2D eigenvalue weighted by molar-refractivity contribution is 7.07. The molecule has 0 aliphatic carbocycles. The van der Waals surface area contributed by atoms with Crippen molar-refractivity contribution in [2.45, 2.75) is 32.9 Å². The average molecular weight is 169 g/mol. The van der Waals surface area contributed by atoms with Crippen molar-refractivity contribution in [1.29, 1.82) is 0 Å². The second kappa shape index (κ2) is 3.88. The van der Waals surface area contributed by atoms with E-state index in [4.69, 9.17) is 0 Å². The summed E-state index contributed by atoms with van der Waals surface area (Å²) in [5, 5.41) is 7.77. The molecule has 0 saturated carbocycles. The minimum absolute atomic E-state index is 0.487. The van der Waals surface area contributed by atoms with E-state index >= 15 is 0 Å². The second-order valence-electron chi connectivity index (χ2n) is 3.10. The Morgan fingerprint density at radius 3 is 2.55 bits per heavy atom. The third kappa shape index (κ3) is 2.64. The number of rotatable bonds is 3. The Bertz CT molecular complexity index is 191. The van der Waals surface area contributed by atoms with E-state index in [9.17, 15) is 0 Å². The molecular weight excluding hydrogens is 154 g/mol. The van der Waals surface area contributed by atoms with Crippen molar-refractivity contribution in [3.63, 3.8) is 0 Å². The van der Waals surface area contributed by atoms with Crippen LogP contribution >= 0.6 is 11.3 Å². The van der Waals surface area contributed by atoms with Gasteiger partial charge in [0.05, 0.1) is 0 Å². The maximum Gasteiger partial charge on any atom is 0.0302 e. The lowest BCUT2D eigenvalue weighted by molar-refractivity contribution is 0.507. The van der Waals surface area contributed by atoms with Gasteiger partial charge in [0.2, 0.25) is 0 Å². The topological polar surface area (TPSA) is 12.0 Å². The monoisotopic (exact) mass is 169 g/mol. The van der Waals surface area contributed by atoms with Crippen LogP contribution in [0.2, 0.25) is 0 Å². The Morgan fingerprint density at radius 1 is 1.36 bits per heavy atom. The maximum atomic E-state index is 3.45. The molecule has 1 rings (SSSR count). The smallest absolute Gasteiger partial charge is 0.0302 e. The lowest BCUT2D eigenvalue weighted by atomic mass is 10.1. The van der Waals surface area contributed by atoms with E-state index in [1.54, 1.807) is 11.3 Å². The van der Waals surface area contributed by atoms with Crippen LogP contribution in [0, 0.1) is 0 Å². The first-order valence-corrected chi connectivity index (χ1v) is 4.92. The van der Waals surface area contributed by atoms with E-state index in [0.29, 0.717) is 12.1 Å². The van der Waals surface area contributed by atoms with E-state index < -0.39 is 0 Å². The van der Waals surface area contributed by atoms with Crippen molar-refractivity contribution in [2.24, 2.45) is 0 Å². The summed E-state index contributed by atoms with van der Waals surface area (Å²) in [5.74, 6) is 0. The van der Waals surface area contributed by atoms with Crippen LogP contribution in [-0.2, 0) is 0 Å². The Morgan fingerprint density at radius 2 is 2.09 bits per heavy atom. The fourth-order valence-corrected chi connectivity index (χ4v) is 1.87. The molecule has 1 aromatic heterocycles. The number of thiophene rings is 1. The van der Waals surface area contributed by atoms with Crippen LogP contribution in [0.1, 0.15) is 32.4 Å². The zero-order valence-corrected chi connectivity index (χ0v) is 8.11. The van der Waals surface area contributed by atoms with Crippen LogP contribution in [0.4, 0.5) is 0 Å². The summed E-state index contributed by atoms with van der Waals surface area (Å²) in [4.78, 5) is 0. The molecule has 0 bridgehead atoms. The number of nitrogens with one attached hydrogen (secondary N) is 1. The quantitative estimate of drug-likeness (QED) is 0.733. The predicted molar refractivity (Wildman–Crippen MR) is 51.0 cm³/mol. The van der Waals surface area contributed by atoms with Gasteiger partial charge in [-0.3, -0.25) is 0 Å². The van der Waals surface area contributed by atoms with E-state index in [2.05, 4.69) is 42.9 Å². The van der Waals surface area contributed by atoms with Gasteiger partial charge in [0.1, 0.15) is 0 Å². The van der Waals surface area contributed by atoms with Crippen molar-refractivity contribution in [1.82, 2.24) is 5.32 Å². The first-order valence-electron chi connectivity index (χ1n) is 3.98. The zero-order valence-electron chi connectivity index (χ0n) is 7.29. The van der Waals surface area contributed by atoms with Gasteiger partial charge >= 0.3 is 0 Å². The molecule has 0 saturated heterocycles. The third-order valence-electron chi connectivity index (χ3n) is 1.63. The van der Waals surface area contributed by atoms with Crippen LogP contribution < -0.4 is 5.32 Å². The van der Waals surface area contributed by atoms with Gasteiger partial charge in [-0.25, -0.2) is 0 Å². The van der Waals surface area contributed by atoms with Crippen LogP contribution in [0.15, 0.2) is 16.8 Å². The van der Waals surface area contributed by atoms with E-state index in [1.165, 1.54) is 5.56 Å². The highest BCUT2D eigenvalue weighted by Gasteiger charge is 2.05. The molecular formula is C9H15NS. The first-order chi connectivity index (χ1) is 5.20. The highest BCUT2D eigenvalue weighted by atomic mass is 32.1. The summed E-state index contributed by atoms with van der Waals surface area (Å²) in [5.41, 5.74) is 1.39. The minimum atomic E-state index is 0.487. The number of hydrogen-bond donors (Lipinski definition) is 1. The molecule has 1 heterocycles. The lowest BCUT2D eigenvalue weighted by Gasteiger charge is -2.15. The standard InChI is InChI=1S/C9H15NS/c1-7(2)10-8(3)9-4-5-11-6-9/h4-8,10H,1-3H3/t8-/m1/s1. The van der Waals surface area contributed by atoms with Gasteiger partial charge < -0.3 is 5.32 Å². The Kier molecular flexibility index (Phi) is 3.09. The van der Waals surface area contributed by atoms with Gasteiger partial charge in [-0.15, -0.1) is 0 Å². The summed E-state index contributed by atoms with van der Waals surface area (Å²) in [6.45, 7) is 6.54. The van der Waals surface area contributed by atoms with Gasteiger partial charge in [-0.1, -0.05) is 13.8 Å². The first kappa shape index (κ1) is 8.75. The van der Waals surface area contributed by atoms with E-state index in [0.717, 1.165) is 0 Å². The van der Waals surface area contributed by atoms with Gasteiger partial charge in [-0.2, -0.15) is 11.3 Å². The van der Waals surface area contributed by atoms with Crippen LogP contribution in [0.25, 0.3) is 0 Å². The summed E-state index contributed by atoms with van der Waals surface area (Å²) < 4.78 is 0. The Labute approximate surface area is 72.4 Å². The molecule has 0 aliphatic rings. The highest BCUT2D eigenvalue weighted by Crippen LogP contribution is 2.15. The molecule has 2 heteroatoms. The summed E-state index contributed by atoms with van der Waals surface area (Å²) in [7, 11) is 0. The molecule has 1 atom stereocenters. The Hall–Kier alpha value is -0.340. The molecule has 1 aromatic rings. The van der Waals surface area contributed by atoms with Crippen molar-refractivity contribution < 1.29 is 0 Å². The molecule has 0 radical (unpaired) electrons. The van der Waals surface area contributed by atoms with Crippen molar-refractivity contribution >= 4 is 11.3 Å². The number of hydrogen-bond acceptors (Lipinski definition) is 2. The fraction of sp³-hybridized carbons (Fsp3) is 0.556.